The van der Waals surface area contributed by atoms with Gasteiger partial charge < -0.3 is 10.1 Å². The van der Waals surface area contributed by atoms with E-state index < -0.39 is 0 Å². The molecule has 0 saturated heterocycles. The summed E-state index contributed by atoms with van der Waals surface area (Å²) in [5, 5.41) is 6.52. The fraction of sp³-hybridized carbons (Fsp3) is 0.0870. The van der Waals surface area contributed by atoms with Gasteiger partial charge >= 0.3 is 0 Å². The molecular weight excluding hydrogens is 414 g/mol. The van der Waals surface area contributed by atoms with Crippen molar-refractivity contribution < 1.29 is 9.53 Å². The number of thiazole rings is 1. The first kappa shape index (κ1) is 20.0. The average molecular weight is 434 g/mol. The standard InChI is InChI=1S/C23H19N3O2S2/c1-15-10-11-19-20(12-15)30-23(24-19)26-22(29)25-21(27)17-8-5-9-18(13-17)28-14-16-6-3-2-4-7-16/h2-13H,14H2,1H3,(H2,24,25,26,27,29). The Kier molecular flexibility index (Phi) is 6.02. The van der Waals surface area contributed by atoms with Crippen LogP contribution >= 0.6 is 23.6 Å². The fourth-order valence-corrected chi connectivity index (χ4v) is 4.08. The minimum absolute atomic E-state index is 0.200. The molecule has 0 radical (unpaired) electrons. The zero-order chi connectivity index (χ0) is 20.9. The predicted octanol–water partition coefficient (Wildman–Crippen LogP) is 5.31. The smallest absolute Gasteiger partial charge is 0.257 e. The maximum atomic E-state index is 12.6. The average Bonchev–Trinajstić information content (AvgIpc) is 3.14. The van der Waals surface area contributed by atoms with Crippen LogP contribution in [0.3, 0.4) is 0 Å². The molecule has 1 amide bonds. The number of aromatic nitrogens is 1. The molecule has 0 bridgehead atoms. The number of amides is 1. The fourth-order valence-electron chi connectivity index (χ4n) is 2.86. The maximum absolute atomic E-state index is 12.6. The molecule has 4 rings (SSSR count). The second kappa shape index (κ2) is 9.02. The van der Waals surface area contributed by atoms with Gasteiger partial charge in [0.1, 0.15) is 12.4 Å². The summed E-state index contributed by atoms with van der Waals surface area (Å²) in [6.45, 7) is 2.47. The first-order valence-corrected chi connectivity index (χ1v) is 10.6. The van der Waals surface area contributed by atoms with Crippen molar-refractivity contribution in [2.45, 2.75) is 13.5 Å². The molecule has 0 aliphatic carbocycles. The Balaban J connectivity index is 1.37. The molecule has 30 heavy (non-hydrogen) atoms. The monoisotopic (exact) mass is 433 g/mol. The van der Waals surface area contributed by atoms with Crippen molar-refractivity contribution in [2.24, 2.45) is 0 Å². The van der Waals surface area contributed by atoms with Crippen LogP contribution < -0.4 is 15.4 Å². The summed E-state index contributed by atoms with van der Waals surface area (Å²) in [6.07, 6.45) is 0. The summed E-state index contributed by atoms with van der Waals surface area (Å²) in [7, 11) is 0. The molecule has 3 aromatic carbocycles. The topological polar surface area (TPSA) is 63.2 Å². The number of nitrogens with zero attached hydrogens (tertiary/aromatic N) is 1. The Morgan fingerprint density at radius 1 is 1.07 bits per heavy atom. The Morgan fingerprint density at radius 2 is 1.90 bits per heavy atom. The van der Waals surface area contributed by atoms with E-state index in [9.17, 15) is 4.79 Å². The van der Waals surface area contributed by atoms with Gasteiger partial charge in [0.15, 0.2) is 10.2 Å². The van der Waals surface area contributed by atoms with Gasteiger partial charge in [-0.05, 0) is 60.6 Å². The Hall–Kier alpha value is -3.29. The third kappa shape index (κ3) is 5.00. The molecule has 0 atom stereocenters. The van der Waals surface area contributed by atoms with Gasteiger partial charge in [0.05, 0.1) is 10.2 Å². The van der Waals surface area contributed by atoms with Crippen LogP contribution in [-0.4, -0.2) is 16.0 Å². The number of carbonyl (C=O) groups excluding carboxylic acids is 1. The number of ether oxygens (including phenoxy) is 1. The van der Waals surface area contributed by atoms with E-state index in [1.807, 2.05) is 55.5 Å². The number of hydrogen-bond acceptors (Lipinski definition) is 5. The largest absolute Gasteiger partial charge is 0.489 e. The van der Waals surface area contributed by atoms with E-state index in [4.69, 9.17) is 17.0 Å². The number of rotatable bonds is 5. The van der Waals surface area contributed by atoms with Crippen LogP contribution in [0.25, 0.3) is 10.2 Å². The van der Waals surface area contributed by atoms with Crippen LogP contribution in [0.1, 0.15) is 21.5 Å². The molecule has 0 spiro atoms. The second-order valence-electron chi connectivity index (χ2n) is 6.70. The van der Waals surface area contributed by atoms with E-state index in [0.29, 0.717) is 23.1 Å². The van der Waals surface area contributed by atoms with Crippen molar-refractivity contribution in [1.29, 1.82) is 0 Å². The number of benzene rings is 3. The van der Waals surface area contributed by atoms with Crippen LogP contribution in [0.2, 0.25) is 0 Å². The number of hydrogen-bond donors (Lipinski definition) is 2. The van der Waals surface area contributed by atoms with Gasteiger partial charge in [-0.2, -0.15) is 0 Å². The molecule has 4 aromatic rings. The third-order valence-corrected chi connectivity index (χ3v) is 5.47. The summed E-state index contributed by atoms with van der Waals surface area (Å²) >= 11 is 6.77. The number of aryl methyl sites for hydroxylation is 1. The van der Waals surface area contributed by atoms with Crippen molar-refractivity contribution >= 4 is 49.9 Å². The van der Waals surface area contributed by atoms with E-state index in [2.05, 4.69) is 21.7 Å². The lowest BCUT2D eigenvalue weighted by atomic mass is 10.2. The highest BCUT2D eigenvalue weighted by Gasteiger charge is 2.11. The zero-order valence-electron chi connectivity index (χ0n) is 16.2. The molecular formula is C23H19N3O2S2. The highest BCUT2D eigenvalue weighted by Crippen LogP contribution is 2.26. The molecule has 0 unspecified atom stereocenters. The Labute approximate surface area is 183 Å². The predicted molar refractivity (Wildman–Crippen MR) is 125 cm³/mol. The summed E-state index contributed by atoms with van der Waals surface area (Å²) in [6, 6.07) is 22.9. The van der Waals surface area contributed by atoms with Crippen LogP contribution in [0.4, 0.5) is 5.13 Å². The van der Waals surface area contributed by atoms with E-state index in [1.54, 1.807) is 18.2 Å². The summed E-state index contributed by atoms with van der Waals surface area (Å²) < 4.78 is 6.85. The zero-order valence-corrected chi connectivity index (χ0v) is 17.8. The lowest BCUT2D eigenvalue weighted by Crippen LogP contribution is -2.34. The van der Waals surface area contributed by atoms with Gasteiger partial charge in [-0.1, -0.05) is 53.8 Å². The van der Waals surface area contributed by atoms with Gasteiger partial charge in [0.25, 0.3) is 5.91 Å². The highest BCUT2D eigenvalue weighted by molar-refractivity contribution is 7.80. The normalized spacial score (nSPS) is 10.6. The third-order valence-electron chi connectivity index (χ3n) is 4.34. The van der Waals surface area contributed by atoms with Crippen LogP contribution in [0.15, 0.2) is 72.8 Å². The van der Waals surface area contributed by atoms with E-state index >= 15 is 0 Å². The molecule has 0 aliphatic rings. The minimum atomic E-state index is -0.311. The van der Waals surface area contributed by atoms with Gasteiger partial charge in [-0.3, -0.25) is 10.1 Å². The van der Waals surface area contributed by atoms with Crippen LogP contribution in [0, 0.1) is 6.92 Å². The summed E-state index contributed by atoms with van der Waals surface area (Å²) in [4.78, 5) is 17.1. The van der Waals surface area contributed by atoms with E-state index in [0.717, 1.165) is 15.8 Å². The molecule has 1 heterocycles. The first-order chi connectivity index (χ1) is 14.6. The van der Waals surface area contributed by atoms with Crippen molar-refractivity contribution in [1.82, 2.24) is 10.3 Å². The van der Waals surface area contributed by atoms with Crippen LogP contribution in [0.5, 0.6) is 5.75 Å². The lowest BCUT2D eigenvalue weighted by molar-refractivity contribution is 0.0977. The van der Waals surface area contributed by atoms with Gasteiger partial charge in [-0.15, -0.1) is 0 Å². The van der Waals surface area contributed by atoms with Crippen molar-refractivity contribution in [3.05, 3.63) is 89.5 Å². The first-order valence-electron chi connectivity index (χ1n) is 9.33. The molecule has 1 aromatic heterocycles. The maximum Gasteiger partial charge on any atom is 0.257 e. The van der Waals surface area contributed by atoms with E-state index in [1.165, 1.54) is 16.9 Å². The molecule has 0 saturated carbocycles. The summed E-state index contributed by atoms with van der Waals surface area (Å²) in [5.41, 5.74) is 3.59. The Morgan fingerprint density at radius 3 is 2.73 bits per heavy atom. The van der Waals surface area contributed by atoms with Crippen molar-refractivity contribution in [3.63, 3.8) is 0 Å². The molecule has 0 aliphatic heterocycles. The summed E-state index contributed by atoms with van der Waals surface area (Å²) in [5.74, 6) is 0.307. The lowest BCUT2D eigenvalue weighted by Gasteiger charge is -2.09. The minimum Gasteiger partial charge on any atom is -0.489 e. The molecule has 7 heteroatoms. The Bertz CT molecular complexity index is 1210. The quantitative estimate of drug-likeness (QED) is 0.418. The molecule has 0 fully saturated rings. The van der Waals surface area contributed by atoms with E-state index in [-0.39, 0.29) is 11.0 Å². The molecule has 5 nitrogen and oxygen atoms in total. The number of nitrogens with one attached hydrogen (secondary N) is 2. The number of thiocarbonyl (C=S) groups is 1. The van der Waals surface area contributed by atoms with Crippen molar-refractivity contribution in [2.75, 3.05) is 5.32 Å². The number of fused-ring (bicyclic) bond motifs is 1. The molecule has 150 valence electrons. The SMILES string of the molecule is Cc1ccc2nc(NC(=S)NC(=O)c3cccc(OCc4ccccc4)c3)sc2c1. The highest BCUT2D eigenvalue weighted by atomic mass is 32.1. The number of anilines is 1. The van der Waals surface area contributed by atoms with Gasteiger partial charge in [0, 0.05) is 5.56 Å². The van der Waals surface area contributed by atoms with Gasteiger partial charge in [-0.25, -0.2) is 4.98 Å². The molecule has 2 N–H and O–H groups in total. The van der Waals surface area contributed by atoms with Crippen molar-refractivity contribution in [3.8, 4) is 5.75 Å². The van der Waals surface area contributed by atoms with Gasteiger partial charge in [0.2, 0.25) is 0 Å². The van der Waals surface area contributed by atoms with Crippen LogP contribution in [-0.2, 0) is 6.61 Å². The second-order valence-corrected chi connectivity index (χ2v) is 8.14. The number of carbonyl (C=O) groups is 1.